The third kappa shape index (κ3) is 5.86. The Bertz CT molecular complexity index is 1510. The second-order valence-corrected chi connectivity index (χ2v) is 11.0. The molecule has 5 rings (SSSR count). The minimum Gasteiger partial charge on any atom is -0.497 e. The van der Waals surface area contributed by atoms with Gasteiger partial charge in [-0.3, -0.25) is 4.79 Å². The van der Waals surface area contributed by atoms with Gasteiger partial charge in [-0.05, 0) is 60.7 Å². The van der Waals surface area contributed by atoms with Crippen LogP contribution in [-0.2, 0) is 10.5 Å². The lowest BCUT2D eigenvalue weighted by molar-refractivity contribution is -0.113. The number of benzene rings is 3. The van der Waals surface area contributed by atoms with Gasteiger partial charge in [0.1, 0.15) is 11.8 Å². The van der Waals surface area contributed by atoms with Crippen LogP contribution in [0.2, 0.25) is 0 Å². The number of hydrogen-bond acceptors (Lipinski definition) is 6. The molecule has 0 fully saturated rings. The van der Waals surface area contributed by atoms with Gasteiger partial charge in [0.05, 0.1) is 12.7 Å². The van der Waals surface area contributed by atoms with Crippen molar-refractivity contribution in [3.05, 3.63) is 106 Å². The molecule has 0 spiro atoms. The van der Waals surface area contributed by atoms with Crippen molar-refractivity contribution in [3.63, 3.8) is 0 Å². The summed E-state index contributed by atoms with van der Waals surface area (Å²) in [6, 6.07) is 23.7. The molecule has 39 heavy (non-hydrogen) atoms. The summed E-state index contributed by atoms with van der Waals surface area (Å²) < 4.78 is 7.08. The fourth-order valence-corrected chi connectivity index (χ4v) is 5.45. The number of thioether (sulfide) groups is 1. The maximum atomic E-state index is 13.7. The molecule has 4 aromatic rings. The van der Waals surface area contributed by atoms with Gasteiger partial charge in [-0.1, -0.05) is 79.7 Å². The third-order valence-electron chi connectivity index (χ3n) is 6.79. The lowest BCUT2D eigenvalue weighted by atomic mass is 9.93. The van der Waals surface area contributed by atoms with Crippen LogP contribution in [0, 0.1) is 6.92 Å². The molecule has 0 aliphatic carbocycles. The number of rotatable bonds is 8. The molecule has 3 aromatic carbocycles. The minimum absolute atomic E-state index is 0.196. The zero-order valence-corrected chi connectivity index (χ0v) is 23.7. The molecule has 1 atom stereocenters. The Hall–Kier alpha value is -4.04. The summed E-state index contributed by atoms with van der Waals surface area (Å²) in [7, 11) is 1.62. The fraction of sp³-hybridized carbons (Fsp3) is 0.258. The molecule has 0 radical (unpaired) electrons. The van der Waals surface area contributed by atoms with Crippen LogP contribution in [-0.4, -0.2) is 27.8 Å². The van der Waals surface area contributed by atoms with E-state index in [0.29, 0.717) is 28.3 Å². The van der Waals surface area contributed by atoms with Gasteiger partial charge in [-0.25, -0.2) is 4.68 Å². The van der Waals surface area contributed by atoms with Crippen LogP contribution in [0.15, 0.2) is 89.2 Å². The summed E-state index contributed by atoms with van der Waals surface area (Å²) >= 11 is 1.58. The van der Waals surface area contributed by atoms with E-state index in [4.69, 9.17) is 14.8 Å². The molecule has 2 N–H and O–H groups in total. The molecule has 0 saturated heterocycles. The number of fused-ring (bicyclic) bond motifs is 1. The van der Waals surface area contributed by atoms with Gasteiger partial charge in [0, 0.05) is 17.1 Å². The molecule has 8 heteroatoms. The van der Waals surface area contributed by atoms with Crippen LogP contribution in [0.3, 0.4) is 0 Å². The number of methoxy groups -OCH3 is 1. The van der Waals surface area contributed by atoms with Gasteiger partial charge in [-0.2, -0.15) is 4.98 Å². The predicted octanol–water partition coefficient (Wildman–Crippen LogP) is 6.94. The molecule has 2 heterocycles. The van der Waals surface area contributed by atoms with Gasteiger partial charge in [0.25, 0.3) is 5.91 Å². The largest absolute Gasteiger partial charge is 0.497 e. The smallest absolute Gasteiger partial charge is 0.255 e. The van der Waals surface area contributed by atoms with E-state index < -0.39 is 6.04 Å². The highest BCUT2D eigenvalue weighted by Gasteiger charge is 2.34. The molecule has 1 aliphatic rings. The van der Waals surface area contributed by atoms with Crippen LogP contribution in [0.1, 0.15) is 55.0 Å². The Balaban J connectivity index is 1.48. The second-order valence-electron chi connectivity index (χ2n) is 10.0. The second kappa shape index (κ2) is 11.4. The van der Waals surface area contributed by atoms with E-state index in [0.717, 1.165) is 22.8 Å². The first kappa shape index (κ1) is 26.6. The fourth-order valence-electron chi connectivity index (χ4n) is 4.68. The first-order valence-electron chi connectivity index (χ1n) is 13.0. The van der Waals surface area contributed by atoms with Gasteiger partial charge in [-0.15, -0.1) is 5.10 Å². The van der Waals surface area contributed by atoms with E-state index in [2.05, 4.69) is 79.9 Å². The van der Waals surface area contributed by atoms with Gasteiger partial charge in [0.15, 0.2) is 0 Å². The van der Waals surface area contributed by atoms with Crippen LogP contribution in [0.25, 0.3) is 0 Å². The molecular weight excluding hydrogens is 506 g/mol. The van der Waals surface area contributed by atoms with Gasteiger partial charge >= 0.3 is 0 Å². The highest BCUT2D eigenvalue weighted by atomic mass is 32.2. The zero-order chi connectivity index (χ0) is 27.5. The van der Waals surface area contributed by atoms with Crippen molar-refractivity contribution >= 4 is 29.3 Å². The summed E-state index contributed by atoms with van der Waals surface area (Å²) in [5.41, 5.74) is 6.69. The highest BCUT2D eigenvalue weighted by Crippen LogP contribution is 2.37. The topological polar surface area (TPSA) is 81.1 Å². The highest BCUT2D eigenvalue weighted by molar-refractivity contribution is 7.98. The number of hydrogen-bond donors (Lipinski definition) is 2. The normalized spacial score (nSPS) is 14.7. The number of carbonyl (C=O) groups is 1. The maximum absolute atomic E-state index is 13.7. The average molecular weight is 540 g/mol. The number of carbonyl (C=O) groups excluding carboxylic acids is 1. The van der Waals surface area contributed by atoms with Crippen molar-refractivity contribution in [3.8, 4) is 5.75 Å². The summed E-state index contributed by atoms with van der Waals surface area (Å²) in [5, 5.41) is 11.9. The Labute approximate surface area is 233 Å². The Kier molecular flexibility index (Phi) is 7.74. The van der Waals surface area contributed by atoms with E-state index in [1.807, 2.05) is 35.9 Å². The molecule has 0 saturated carbocycles. The molecule has 0 bridgehead atoms. The Morgan fingerprint density at radius 1 is 1.08 bits per heavy atom. The third-order valence-corrected chi connectivity index (χ3v) is 7.70. The molecule has 0 unspecified atom stereocenters. The van der Waals surface area contributed by atoms with Gasteiger partial charge in [0.2, 0.25) is 11.1 Å². The number of ether oxygens (including phenoxy) is 1. The number of aryl methyl sites for hydroxylation is 1. The van der Waals surface area contributed by atoms with E-state index >= 15 is 0 Å². The number of nitrogens with one attached hydrogen (secondary N) is 2. The molecule has 1 amide bonds. The maximum Gasteiger partial charge on any atom is 0.255 e. The van der Waals surface area contributed by atoms with Gasteiger partial charge < -0.3 is 15.4 Å². The average Bonchev–Trinajstić information content (AvgIpc) is 3.34. The molecule has 200 valence electrons. The molecule has 1 aliphatic heterocycles. The minimum atomic E-state index is -0.429. The number of allylic oxidation sites excluding steroid dienone is 1. The zero-order valence-electron chi connectivity index (χ0n) is 22.9. The number of nitrogens with zero attached hydrogens (tertiary/aromatic N) is 3. The number of anilines is 2. The first-order valence-corrected chi connectivity index (χ1v) is 14.0. The van der Waals surface area contributed by atoms with Crippen LogP contribution in [0.5, 0.6) is 5.75 Å². The van der Waals surface area contributed by atoms with Crippen molar-refractivity contribution in [1.29, 1.82) is 0 Å². The molecule has 1 aromatic heterocycles. The summed E-state index contributed by atoms with van der Waals surface area (Å²) in [6.45, 7) is 8.35. The first-order chi connectivity index (χ1) is 18.8. The number of amides is 1. The van der Waals surface area contributed by atoms with E-state index in [9.17, 15) is 4.79 Å². The van der Waals surface area contributed by atoms with Crippen molar-refractivity contribution in [2.75, 3.05) is 17.7 Å². The van der Waals surface area contributed by atoms with Crippen molar-refractivity contribution in [2.45, 2.75) is 50.6 Å². The summed E-state index contributed by atoms with van der Waals surface area (Å²) in [4.78, 5) is 18.5. The molecule has 7 nitrogen and oxygen atoms in total. The van der Waals surface area contributed by atoms with Crippen LogP contribution >= 0.6 is 11.8 Å². The predicted molar refractivity (Wildman–Crippen MR) is 157 cm³/mol. The van der Waals surface area contributed by atoms with E-state index in [1.54, 1.807) is 18.9 Å². The Morgan fingerprint density at radius 2 is 1.82 bits per heavy atom. The number of aromatic nitrogens is 3. The molecular formula is C31H33N5O2S. The monoisotopic (exact) mass is 539 g/mol. The van der Waals surface area contributed by atoms with Crippen LogP contribution < -0.4 is 15.4 Å². The summed E-state index contributed by atoms with van der Waals surface area (Å²) in [6.07, 6.45) is 0. The SMILES string of the molecule is COc1ccc(NC(=O)C2=C(C)Nc3nc(SCc4cccc(C)c4)nn3[C@H]2c2ccc(C(C)C)cc2)cc1. The quantitative estimate of drug-likeness (QED) is 0.236. The van der Waals surface area contributed by atoms with Crippen molar-refractivity contribution in [2.24, 2.45) is 0 Å². The van der Waals surface area contributed by atoms with E-state index in [-0.39, 0.29) is 5.91 Å². The van der Waals surface area contributed by atoms with Crippen LogP contribution in [0.4, 0.5) is 11.6 Å². The van der Waals surface area contributed by atoms with Crippen molar-refractivity contribution < 1.29 is 9.53 Å². The lowest BCUT2D eigenvalue weighted by Crippen LogP contribution is -2.31. The standard InChI is InChI=1S/C31H33N5O2S/c1-19(2)23-9-11-24(12-10-23)28-27(29(37)33-25-13-15-26(38-5)16-14-25)21(4)32-30-34-31(35-36(28)30)39-18-22-8-6-7-20(3)17-22/h6-17,19,28H,18H2,1-5H3,(H,33,37)(H,32,34,35)/t28-/m0/s1. The van der Waals surface area contributed by atoms with E-state index in [1.165, 1.54) is 16.7 Å². The lowest BCUT2D eigenvalue weighted by Gasteiger charge is -2.29. The Morgan fingerprint density at radius 3 is 2.49 bits per heavy atom. The summed E-state index contributed by atoms with van der Waals surface area (Å²) in [5.74, 6) is 2.33. The van der Waals surface area contributed by atoms with Crippen molar-refractivity contribution in [1.82, 2.24) is 14.8 Å².